The summed E-state index contributed by atoms with van der Waals surface area (Å²) < 4.78 is 10.8. The minimum absolute atomic E-state index is 0.484. The Morgan fingerprint density at radius 2 is 2.48 bits per heavy atom. The number of nitrogens with one attached hydrogen (secondary N) is 1. The summed E-state index contributed by atoms with van der Waals surface area (Å²) in [5.74, 6) is 2.04. The Morgan fingerprint density at radius 3 is 3.00 bits per heavy atom. The number of aliphatic hydroxyl groups excluding tert-OH is 2. The molecule has 0 saturated heterocycles. The Hall–Kier alpha value is -2.02. The summed E-state index contributed by atoms with van der Waals surface area (Å²) in [5, 5.41) is 25.3. The van der Waals surface area contributed by atoms with Gasteiger partial charge in [-0.25, -0.2) is 4.79 Å². The van der Waals surface area contributed by atoms with Crippen LogP contribution < -0.4 is 5.32 Å². The van der Waals surface area contributed by atoms with E-state index in [9.17, 15) is 9.90 Å². The van der Waals surface area contributed by atoms with Crippen LogP contribution in [-0.4, -0.2) is 60.3 Å². The highest BCUT2D eigenvalue weighted by Gasteiger charge is 2.41. The molecule has 3 N–H and O–H groups in total. The van der Waals surface area contributed by atoms with Gasteiger partial charge in [0.1, 0.15) is 24.3 Å². The summed E-state index contributed by atoms with van der Waals surface area (Å²) in [6, 6.07) is -1.31. The molecule has 0 saturated carbocycles. The zero-order chi connectivity index (χ0) is 15.8. The van der Waals surface area contributed by atoms with Crippen molar-refractivity contribution >= 4 is 5.94 Å². The summed E-state index contributed by atoms with van der Waals surface area (Å²) in [5.41, 5.74) is 8.64. The maximum atomic E-state index is 10.4. The second kappa shape index (κ2) is 8.31. The van der Waals surface area contributed by atoms with Crippen molar-refractivity contribution in [1.82, 2.24) is 5.32 Å². The zero-order valence-corrected chi connectivity index (χ0v) is 11.7. The Kier molecular flexibility index (Phi) is 6.74. The van der Waals surface area contributed by atoms with Crippen molar-refractivity contribution in [2.45, 2.75) is 37.3 Å². The number of ether oxygens (including phenoxy) is 2. The van der Waals surface area contributed by atoms with Crippen molar-refractivity contribution in [3.8, 4) is 0 Å². The second-order valence-corrected chi connectivity index (χ2v) is 4.46. The largest absolute Gasteiger partial charge is 0.490 e. The van der Waals surface area contributed by atoms with Crippen molar-refractivity contribution in [2.75, 3.05) is 13.7 Å². The fourth-order valence-corrected chi connectivity index (χ4v) is 2.24. The molecule has 0 bridgehead atoms. The standard InChI is InChI=1S/C12H18N4O5/c1-7-5-8(15-16-13)10(14-3-4-17)12(21-7)11(20-2)9(19)6-18/h3,5,8-12,14,18-19H,6H2,1-2H3. The SMILES string of the molecule is COC(C(O)CO)C1OC(C)=CC(N=[N+]=[N-])C1NC=C=O. The molecule has 0 fully saturated rings. The van der Waals surface area contributed by atoms with Gasteiger partial charge >= 0.3 is 0 Å². The average molecular weight is 298 g/mol. The van der Waals surface area contributed by atoms with Crippen LogP contribution in [0.4, 0.5) is 0 Å². The molecule has 5 unspecified atom stereocenters. The van der Waals surface area contributed by atoms with Crippen LogP contribution >= 0.6 is 0 Å². The number of hydrogen-bond acceptors (Lipinski definition) is 7. The van der Waals surface area contributed by atoms with Crippen LogP contribution in [0.3, 0.4) is 0 Å². The highest BCUT2D eigenvalue weighted by molar-refractivity contribution is 5.44. The molecule has 0 radical (unpaired) electrons. The maximum absolute atomic E-state index is 10.4. The van der Waals surface area contributed by atoms with Gasteiger partial charge in [-0.1, -0.05) is 5.11 Å². The minimum Gasteiger partial charge on any atom is -0.490 e. The predicted octanol–water partition coefficient (Wildman–Crippen LogP) is -0.360. The molecule has 0 aliphatic carbocycles. The molecule has 0 aromatic carbocycles. The van der Waals surface area contributed by atoms with Gasteiger partial charge < -0.3 is 25.0 Å². The van der Waals surface area contributed by atoms with Crippen molar-refractivity contribution in [1.29, 1.82) is 0 Å². The van der Waals surface area contributed by atoms with Gasteiger partial charge in [-0.05, 0) is 18.5 Å². The molecular weight excluding hydrogens is 280 g/mol. The molecule has 9 heteroatoms. The minimum atomic E-state index is -1.19. The first-order valence-corrected chi connectivity index (χ1v) is 6.25. The number of allylic oxidation sites excluding steroid dienone is 1. The lowest BCUT2D eigenvalue weighted by atomic mass is 9.92. The summed E-state index contributed by atoms with van der Waals surface area (Å²) >= 11 is 0. The Bertz CT molecular complexity index is 470. The smallest absolute Gasteiger partial charge is 0.147 e. The summed E-state index contributed by atoms with van der Waals surface area (Å²) in [7, 11) is 1.36. The zero-order valence-electron chi connectivity index (χ0n) is 11.7. The first-order chi connectivity index (χ1) is 10.1. The Morgan fingerprint density at radius 1 is 1.76 bits per heavy atom. The number of aliphatic hydroxyl groups is 2. The highest BCUT2D eigenvalue weighted by atomic mass is 16.5. The van der Waals surface area contributed by atoms with E-state index in [2.05, 4.69) is 15.3 Å². The van der Waals surface area contributed by atoms with Gasteiger partial charge in [0, 0.05) is 12.0 Å². The predicted molar refractivity (Wildman–Crippen MR) is 72.6 cm³/mol. The molecule has 21 heavy (non-hydrogen) atoms. The molecule has 9 nitrogen and oxygen atoms in total. The number of carbonyl (C=O) groups excluding carboxylic acids is 1. The van der Waals surface area contributed by atoms with E-state index in [0.717, 1.165) is 6.20 Å². The third-order valence-electron chi connectivity index (χ3n) is 3.13. The summed E-state index contributed by atoms with van der Waals surface area (Å²) in [6.07, 6.45) is -0.241. The number of rotatable bonds is 7. The molecular formula is C12H18N4O5. The lowest BCUT2D eigenvalue weighted by molar-refractivity contribution is -0.118. The van der Waals surface area contributed by atoms with E-state index in [1.807, 2.05) is 0 Å². The second-order valence-electron chi connectivity index (χ2n) is 4.46. The number of hydrogen-bond donors (Lipinski definition) is 3. The van der Waals surface area contributed by atoms with Gasteiger partial charge in [-0.2, -0.15) is 0 Å². The molecule has 0 amide bonds. The highest BCUT2D eigenvalue weighted by Crippen LogP contribution is 2.25. The fraction of sp³-hybridized carbons (Fsp3) is 0.667. The van der Waals surface area contributed by atoms with Crippen LogP contribution in [0.25, 0.3) is 10.4 Å². The van der Waals surface area contributed by atoms with Crippen LogP contribution in [0.5, 0.6) is 0 Å². The average Bonchev–Trinajstić information content (AvgIpc) is 2.47. The molecule has 1 heterocycles. The van der Waals surface area contributed by atoms with Crippen molar-refractivity contribution in [2.24, 2.45) is 5.11 Å². The van der Waals surface area contributed by atoms with Crippen LogP contribution in [0, 0.1) is 0 Å². The molecule has 0 aromatic heterocycles. The molecule has 0 spiro atoms. The van der Waals surface area contributed by atoms with E-state index in [0.29, 0.717) is 5.76 Å². The van der Waals surface area contributed by atoms with Gasteiger partial charge in [-0.15, -0.1) is 0 Å². The lowest BCUT2D eigenvalue weighted by Gasteiger charge is -2.39. The number of nitrogens with zero attached hydrogens (tertiary/aromatic N) is 3. The van der Waals surface area contributed by atoms with Gasteiger partial charge in [0.15, 0.2) is 0 Å². The third kappa shape index (κ3) is 4.22. The first kappa shape index (κ1) is 17.0. The van der Waals surface area contributed by atoms with E-state index in [1.54, 1.807) is 18.9 Å². The van der Waals surface area contributed by atoms with Gasteiger partial charge in [0.25, 0.3) is 0 Å². The van der Waals surface area contributed by atoms with E-state index in [-0.39, 0.29) is 0 Å². The third-order valence-corrected chi connectivity index (χ3v) is 3.13. The molecule has 1 rings (SSSR count). The number of methoxy groups -OCH3 is 1. The topological polar surface area (TPSA) is 137 Å². The van der Waals surface area contributed by atoms with Gasteiger partial charge in [0.2, 0.25) is 0 Å². The number of azide groups is 1. The first-order valence-electron chi connectivity index (χ1n) is 6.25. The summed E-state index contributed by atoms with van der Waals surface area (Å²) in [6.45, 7) is 1.14. The van der Waals surface area contributed by atoms with E-state index < -0.39 is 37.0 Å². The van der Waals surface area contributed by atoms with Crippen molar-refractivity contribution in [3.63, 3.8) is 0 Å². The van der Waals surface area contributed by atoms with Crippen LogP contribution in [0.1, 0.15) is 6.92 Å². The van der Waals surface area contributed by atoms with Gasteiger partial charge in [-0.3, -0.25) is 0 Å². The fourth-order valence-electron chi connectivity index (χ4n) is 2.24. The van der Waals surface area contributed by atoms with Crippen molar-refractivity contribution in [3.05, 3.63) is 28.5 Å². The van der Waals surface area contributed by atoms with Crippen LogP contribution in [0.15, 0.2) is 23.1 Å². The molecule has 5 atom stereocenters. The lowest BCUT2D eigenvalue weighted by Crippen LogP contribution is -2.57. The molecule has 116 valence electrons. The summed E-state index contributed by atoms with van der Waals surface area (Å²) in [4.78, 5) is 13.1. The Balaban J connectivity index is 3.14. The normalized spacial score (nSPS) is 27.2. The van der Waals surface area contributed by atoms with E-state index in [4.69, 9.17) is 20.1 Å². The molecule has 0 aromatic rings. The molecule has 1 aliphatic rings. The maximum Gasteiger partial charge on any atom is 0.147 e. The van der Waals surface area contributed by atoms with E-state index in [1.165, 1.54) is 7.11 Å². The van der Waals surface area contributed by atoms with Crippen molar-refractivity contribution < 1.29 is 24.5 Å². The molecule has 1 aliphatic heterocycles. The Labute approximate surface area is 121 Å². The quantitative estimate of drug-likeness (QED) is 0.254. The van der Waals surface area contributed by atoms with Crippen LogP contribution in [-0.2, 0) is 14.3 Å². The van der Waals surface area contributed by atoms with Crippen LogP contribution in [0.2, 0.25) is 0 Å². The van der Waals surface area contributed by atoms with Gasteiger partial charge in [0.05, 0.1) is 30.6 Å². The monoisotopic (exact) mass is 298 g/mol. The van der Waals surface area contributed by atoms with E-state index >= 15 is 0 Å².